The van der Waals surface area contributed by atoms with Gasteiger partial charge in [0.1, 0.15) is 5.82 Å². The molecule has 0 radical (unpaired) electrons. The van der Waals surface area contributed by atoms with Crippen LogP contribution in [0, 0.1) is 11.7 Å². The highest BCUT2D eigenvalue weighted by atomic mass is 35.5. The van der Waals surface area contributed by atoms with E-state index in [2.05, 4.69) is 0 Å². The van der Waals surface area contributed by atoms with Crippen LogP contribution in [-0.4, -0.2) is 16.9 Å². The minimum atomic E-state index is -0.913. The first-order valence-electron chi connectivity index (χ1n) is 6.51. The normalized spacial score (nSPS) is 16.5. The standard InChI is InChI=1S/C15H11ClFNO3S/c16-8-2-1-3-9(17)12(8)13(19)11-7-4-6(15(20)21)5-10(7)22-14(11)18/h1-3,6H,4-5,18H2,(H,20,21). The average Bonchev–Trinajstić information content (AvgIpc) is 2.94. The fourth-order valence-corrected chi connectivity index (χ4v) is 4.15. The van der Waals surface area contributed by atoms with Gasteiger partial charge in [0.25, 0.3) is 0 Å². The highest BCUT2D eigenvalue weighted by Crippen LogP contribution is 2.41. The Bertz CT molecular complexity index is 782. The summed E-state index contributed by atoms with van der Waals surface area (Å²) in [6.07, 6.45) is 0.573. The molecular weight excluding hydrogens is 329 g/mol. The molecule has 1 unspecified atom stereocenters. The van der Waals surface area contributed by atoms with Crippen LogP contribution in [0.4, 0.5) is 9.39 Å². The molecule has 1 heterocycles. The van der Waals surface area contributed by atoms with Gasteiger partial charge in [-0.25, -0.2) is 4.39 Å². The van der Waals surface area contributed by atoms with Gasteiger partial charge in [0.15, 0.2) is 0 Å². The molecule has 4 nitrogen and oxygen atoms in total. The molecule has 7 heteroatoms. The van der Waals surface area contributed by atoms with Gasteiger partial charge >= 0.3 is 5.97 Å². The first-order valence-corrected chi connectivity index (χ1v) is 7.71. The quantitative estimate of drug-likeness (QED) is 0.842. The van der Waals surface area contributed by atoms with E-state index in [9.17, 15) is 14.0 Å². The maximum Gasteiger partial charge on any atom is 0.307 e. The minimum absolute atomic E-state index is 0.0112. The molecule has 0 aliphatic heterocycles. The van der Waals surface area contributed by atoms with Crippen LogP contribution >= 0.6 is 22.9 Å². The predicted octanol–water partition coefficient (Wildman–Crippen LogP) is 3.15. The summed E-state index contributed by atoms with van der Waals surface area (Å²) in [5, 5.41) is 9.40. The van der Waals surface area contributed by atoms with Gasteiger partial charge in [-0.15, -0.1) is 11.3 Å². The van der Waals surface area contributed by atoms with E-state index in [-0.39, 0.29) is 27.6 Å². The van der Waals surface area contributed by atoms with Gasteiger partial charge in [0.2, 0.25) is 5.78 Å². The highest BCUT2D eigenvalue weighted by molar-refractivity contribution is 7.16. The third-order valence-electron chi connectivity index (χ3n) is 3.77. The number of carboxylic acid groups (broad SMARTS) is 1. The lowest BCUT2D eigenvalue weighted by Gasteiger charge is -2.07. The second-order valence-electron chi connectivity index (χ2n) is 5.11. The summed E-state index contributed by atoms with van der Waals surface area (Å²) in [6.45, 7) is 0. The molecule has 3 N–H and O–H groups in total. The summed E-state index contributed by atoms with van der Waals surface area (Å²) in [7, 11) is 0. The number of hydrogen-bond acceptors (Lipinski definition) is 4. The number of carbonyl (C=O) groups is 2. The molecule has 1 aromatic carbocycles. The van der Waals surface area contributed by atoms with Crippen LogP contribution in [0.1, 0.15) is 26.4 Å². The molecule has 1 aliphatic carbocycles. The molecule has 1 atom stereocenters. The van der Waals surface area contributed by atoms with Gasteiger partial charge in [-0.05, 0) is 30.5 Å². The van der Waals surface area contributed by atoms with Crippen molar-refractivity contribution in [1.82, 2.24) is 0 Å². The number of fused-ring (bicyclic) bond motifs is 1. The van der Waals surface area contributed by atoms with Crippen LogP contribution in [0.15, 0.2) is 18.2 Å². The number of ketones is 1. The topological polar surface area (TPSA) is 80.4 Å². The van der Waals surface area contributed by atoms with Crippen molar-refractivity contribution >= 4 is 39.7 Å². The van der Waals surface area contributed by atoms with Gasteiger partial charge < -0.3 is 10.8 Å². The Morgan fingerprint density at radius 3 is 2.68 bits per heavy atom. The van der Waals surface area contributed by atoms with Crippen LogP contribution in [-0.2, 0) is 17.6 Å². The van der Waals surface area contributed by atoms with Crippen LogP contribution in [0.5, 0.6) is 0 Å². The number of aliphatic carboxylic acids is 1. The van der Waals surface area contributed by atoms with Crippen molar-refractivity contribution in [2.75, 3.05) is 5.73 Å². The van der Waals surface area contributed by atoms with Gasteiger partial charge in [0.05, 0.1) is 27.1 Å². The third-order valence-corrected chi connectivity index (χ3v) is 5.16. The number of rotatable bonds is 3. The Labute approximate surface area is 134 Å². The Morgan fingerprint density at radius 1 is 1.32 bits per heavy atom. The molecule has 0 bridgehead atoms. The zero-order chi connectivity index (χ0) is 16.0. The molecule has 22 heavy (non-hydrogen) atoms. The van der Waals surface area contributed by atoms with E-state index in [0.29, 0.717) is 12.0 Å². The third kappa shape index (κ3) is 2.28. The Kier molecular flexibility index (Phi) is 3.66. The van der Waals surface area contributed by atoms with E-state index in [1.807, 2.05) is 0 Å². The lowest BCUT2D eigenvalue weighted by atomic mass is 9.98. The van der Waals surface area contributed by atoms with E-state index in [1.54, 1.807) is 0 Å². The van der Waals surface area contributed by atoms with Crippen molar-refractivity contribution in [2.24, 2.45) is 5.92 Å². The first kappa shape index (κ1) is 15.0. The smallest absolute Gasteiger partial charge is 0.307 e. The number of hydrogen-bond donors (Lipinski definition) is 2. The number of anilines is 1. The maximum atomic E-state index is 13.9. The summed E-state index contributed by atoms with van der Waals surface area (Å²) < 4.78 is 13.9. The number of halogens is 2. The second kappa shape index (κ2) is 5.37. The average molecular weight is 340 g/mol. The van der Waals surface area contributed by atoms with Crippen molar-refractivity contribution in [3.05, 3.63) is 50.6 Å². The van der Waals surface area contributed by atoms with E-state index >= 15 is 0 Å². The summed E-state index contributed by atoms with van der Waals surface area (Å²) in [4.78, 5) is 24.6. The minimum Gasteiger partial charge on any atom is -0.481 e. The van der Waals surface area contributed by atoms with Crippen molar-refractivity contribution in [1.29, 1.82) is 0 Å². The molecule has 1 aromatic heterocycles. The zero-order valence-electron chi connectivity index (χ0n) is 11.2. The summed E-state index contributed by atoms with van der Waals surface area (Å²) >= 11 is 7.12. The van der Waals surface area contributed by atoms with E-state index in [4.69, 9.17) is 22.4 Å². The molecule has 2 aromatic rings. The molecular formula is C15H11ClFNO3S. The fourth-order valence-electron chi connectivity index (χ4n) is 2.72. The first-order chi connectivity index (χ1) is 10.4. The second-order valence-corrected chi connectivity index (χ2v) is 6.66. The summed E-state index contributed by atoms with van der Waals surface area (Å²) in [5.74, 6) is -2.79. The largest absolute Gasteiger partial charge is 0.481 e. The number of carbonyl (C=O) groups excluding carboxylic acids is 1. The monoisotopic (exact) mass is 339 g/mol. The van der Waals surface area contributed by atoms with Crippen molar-refractivity contribution < 1.29 is 19.1 Å². The molecule has 3 rings (SSSR count). The predicted molar refractivity (Wildman–Crippen MR) is 82.1 cm³/mol. The molecule has 114 valence electrons. The number of benzene rings is 1. The van der Waals surface area contributed by atoms with Crippen molar-refractivity contribution in [3.63, 3.8) is 0 Å². The number of nitrogens with two attached hydrogens (primary N) is 1. The number of carboxylic acids is 1. The molecule has 0 fully saturated rings. The SMILES string of the molecule is Nc1sc2c(c1C(=O)c1c(F)cccc1Cl)CC(C(=O)O)C2. The van der Waals surface area contributed by atoms with Gasteiger partial charge in [0, 0.05) is 4.88 Å². The van der Waals surface area contributed by atoms with Crippen molar-refractivity contribution in [2.45, 2.75) is 12.8 Å². The highest BCUT2D eigenvalue weighted by Gasteiger charge is 2.35. The lowest BCUT2D eigenvalue weighted by molar-refractivity contribution is -0.141. The number of thiophene rings is 1. The summed E-state index contributed by atoms with van der Waals surface area (Å²) in [5.41, 5.74) is 6.47. The van der Waals surface area contributed by atoms with Gasteiger partial charge in [-0.2, -0.15) is 0 Å². The van der Waals surface area contributed by atoms with Crippen LogP contribution in [0.2, 0.25) is 5.02 Å². The molecule has 0 spiro atoms. The summed E-state index contributed by atoms with van der Waals surface area (Å²) in [6, 6.07) is 4.00. The molecule has 1 aliphatic rings. The number of nitrogen functional groups attached to an aromatic ring is 1. The molecule has 0 amide bonds. The van der Waals surface area contributed by atoms with Crippen molar-refractivity contribution in [3.8, 4) is 0 Å². The maximum absolute atomic E-state index is 13.9. The lowest BCUT2D eigenvalue weighted by Crippen LogP contribution is -2.15. The van der Waals surface area contributed by atoms with E-state index in [1.165, 1.54) is 23.5 Å². The zero-order valence-corrected chi connectivity index (χ0v) is 12.8. The van der Waals surface area contributed by atoms with Crippen LogP contribution in [0.25, 0.3) is 0 Å². The van der Waals surface area contributed by atoms with Gasteiger partial charge in [-0.3, -0.25) is 9.59 Å². The van der Waals surface area contributed by atoms with E-state index in [0.717, 1.165) is 10.9 Å². The molecule has 0 saturated carbocycles. The van der Waals surface area contributed by atoms with E-state index < -0.39 is 23.5 Å². The van der Waals surface area contributed by atoms with Crippen LogP contribution < -0.4 is 5.73 Å². The Hall–Kier alpha value is -1.92. The fraction of sp³-hybridized carbons (Fsp3) is 0.200. The van der Waals surface area contributed by atoms with Gasteiger partial charge in [-0.1, -0.05) is 17.7 Å². The Morgan fingerprint density at radius 2 is 2.05 bits per heavy atom. The Balaban J connectivity index is 2.08. The molecule has 0 saturated heterocycles. The van der Waals surface area contributed by atoms with Crippen LogP contribution in [0.3, 0.4) is 0 Å².